The number of hydrogen-bond donors (Lipinski definition) is 1. The fourth-order valence-electron chi connectivity index (χ4n) is 2.13. The van der Waals surface area contributed by atoms with E-state index in [0.717, 1.165) is 30.8 Å². The lowest BCUT2D eigenvalue weighted by Gasteiger charge is -2.10. The molecule has 0 aliphatic rings. The lowest BCUT2D eigenvalue weighted by molar-refractivity contribution is 0.587. The Hall–Kier alpha value is -1.68. The Morgan fingerprint density at radius 2 is 1.95 bits per heavy atom. The molecule has 20 heavy (non-hydrogen) atoms. The smallest absolute Gasteiger partial charge is 0.0835 e. The quantitative estimate of drug-likeness (QED) is 0.879. The van der Waals surface area contributed by atoms with E-state index in [-0.39, 0.29) is 0 Å². The monoisotopic (exact) mass is 272 g/mol. The molecule has 0 spiro atoms. The second kappa shape index (κ2) is 6.66. The number of nitrogens with one attached hydrogen (secondary N) is 1. The largest absolute Gasteiger partial charge is 0.310 e. The summed E-state index contributed by atoms with van der Waals surface area (Å²) in [7, 11) is 0. The van der Waals surface area contributed by atoms with Gasteiger partial charge in [-0.1, -0.05) is 27.7 Å². The minimum absolute atomic E-state index is 0.473. The maximum atomic E-state index is 4.66. The molecule has 4 heteroatoms. The Balaban J connectivity index is 2.28. The summed E-state index contributed by atoms with van der Waals surface area (Å²) in [5, 5.41) is 8.08. The van der Waals surface area contributed by atoms with Gasteiger partial charge in [0.15, 0.2) is 0 Å². The third-order valence-corrected chi connectivity index (χ3v) is 3.30. The van der Waals surface area contributed by atoms with E-state index in [0.29, 0.717) is 6.04 Å². The van der Waals surface area contributed by atoms with E-state index >= 15 is 0 Å². The normalized spacial score (nSPS) is 11.2. The number of rotatable bonds is 6. The standard InChI is InChI=1S/C16H24N4/c1-5-14-8-15(6-2)20(19-14)16-7-13(9-17-11-16)10-18-12(3)4/h7-9,11-12,18H,5-6,10H2,1-4H3. The first-order valence-electron chi connectivity index (χ1n) is 7.39. The van der Waals surface area contributed by atoms with Gasteiger partial charge in [-0.2, -0.15) is 5.10 Å². The summed E-state index contributed by atoms with van der Waals surface area (Å²) in [5.74, 6) is 0. The van der Waals surface area contributed by atoms with Crippen LogP contribution in [0.2, 0.25) is 0 Å². The van der Waals surface area contributed by atoms with Gasteiger partial charge in [-0.05, 0) is 30.5 Å². The summed E-state index contributed by atoms with van der Waals surface area (Å²) in [5.41, 5.74) is 4.60. The molecule has 0 radical (unpaired) electrons. The molecule has 0 fully saturated rings. The highest BCUT2D eigenvalue weighted by Gasteiger charge is 2.08. The molecule has 4 nitrogen and oxygen atoms in total. The van der Waals surface area contributed by atoms with Crippen molar-refractivity contribution >= 4 is 0 Å². The van der Waals surface area contributed by atoms with Gasteiger partial charge in [0.25, 0.3) is 0 Å². The Labute approximate surface area is 121 Å². The van der Waals surface area contributed by atoms with Gasteiger partial charge in [0.1, 0.15) is 0 Å². The van der Waals surface area contributed by atoms with Crippen LogP contribution in [-0.2, 0) is 19.4 Å². The van der Waals surface area contributed by atoms with Crippen molar-refractivity contribution in [1.82, 2.24) is 20.1 Å². The SMILES string of the molecule is CCc1cc(CC)n(-c2cncc(CNC(C)C)c2)n1. The zero-order valence-electron chi connectivity index (χ0n) is 12.8. The highest BCUT2D eigenvalue weighted by Crippen LogP contribution is 2.14. The third kappa shape index (κ3) is 3.45. The molecule has 2 rings (SSSR count). The average molecular weight is 272 g/mol. The zero-order valence-corrected chi connectivity index (χ0v) is 12.8. The zero-order chi connectivity index (χ0) is 14.5. The summed E-state index contributed by atoms with van der Waals surface area (Å²) in [4.78, 5) is 4.35. The second-order valence-corrected chi connectivity index (χ2v) is 5.33. The Morgan fingerprint density at radius 1 is 1.15 bits per heavy atom. The molecule has 1 N–H and O–H groups in total. The second-order valence-electron chi connectivity index (χ2n) is 5.33. The van der Waals surface area contributed by atoms with Crippen LogP contribution in [0.1, 0.15) is 44.6 Å². The van der Waals surface area contributed by atoms with Crippen LogP contribution in [0.4, 0.5) is 0 Å². The van der Waals surface area contributed by atoms with Crippen LogP contribution in [0.5, 0.6) is 0 Å². The van der Waals surface area contributed by atoms with Gasteiger partial charge in [-0.15, -0.1) is 0 Å². The van der Waals surface area contributed by atoms with E-state index in [4.69, 9.17) is 0 Å². The first-order valence-corrected chi connectivity index (χ1v) is 7.39. The van der Waals surface area contributed by atoms with Gasteiger partial charge in [-0.25, -0.2) is 4.68 Å². The van der Waals surface area contributed by atoms with Gasteiger partial charge in [0, 0.05) is 24.5 Å². The van der Waals surface area contributed by atoms with Crippen LogP contribution in [0, 0.1) is 0 Å². The van der Waals surface area contributed by atoms with Gasteiger partial charge in [0.05, 0.1) is 17.6 Å². The van der Waals surface area contributed by atoms with Crippen molar-refractivity contribution in [1.29, 1.82) is 0 Å². The molecule has 0 saturated heterocycles. The molecule has 2 aromatic rings. The van der Waals surface area contributed by atoms with E-state index in [1.165, 1.54) is 11.3 Å². The lowest BCUT2D eigenvalue weighted by Crippen LogP contribution is -2.22. The van der Waals surface area contributed by atoms with Crippen LogP contribution in [-0.4, -0.2) is 20.8 Å². The predicted octanol–water partition coefficient (Wildman–Crippen LogP) is 2.89. The molecule has 108 valence electrons. The van der Waals surface area contributed by atoms with Crippen molar-refractivity contribution in [3.63, 3.8) is 0 Å². The summed E-state index contributed by atoms with van der Waals surface area (Å²) >= 11 is 0. The van der Waals surface area contributed by atoms with Crippen LogP contribution in [0.3, 0.4) is 0 Å². The van der Waals surface area contributed by atoms with Crippen LogP contribution < -0.4 is 5.32 Å². The molecule has 0 unspecified atom stereocenters. The highest BCUT2D eigenvalue weighted by atomic mass is 15.3. The van der Waals surface area contributed by atoms with Crippen LogP contribution in [0.25, 0.3) is 5.69 Å². The van der Waals surface area contributed by atoms with Crippen LogP contribution in [0.15, 0.2) is 24.5 Å². The fourth-order valence-corrected chi connectivity index (χ4v) is 2.13. The molecule has 0 aromatic carbocycles. The molecule has 0 aliphatic carbocycles. The van der Waals surface area contributed by atoms with E-state index in [1.54, 1.807) is 0 Å². The maximum absolute atomic E-state index is 4.66. The van der Waals surface area contributed by atoms with E-state index < -0.39 is 0 Å². The van der Waals surface area contributed by atoms with Crippen molar-refractivity contribution in [3.8, 4) is 5.69 Å². The van der Waals surface area contributed by atoms with Crippen molar-refractivity contribution in [2.45, 2.75) is 53.1 Å². The molecule has 0 amide bonds. The molecule has 0 atom stereocenters. The molecule has 0 aliphatic heterocycles. The minimum Gasteiger partial charge on any atom is -0.310 e. The van der Waals surface area contributed by atoms with Gasteiger partial charge >= 0.3 is 0 Å². The third-order valence-electron chi connectivity index (χ3n) is 3.30. The Kier molecular flexibility index (Phi) is 4.90. The van der Waals surface area contributed by atoms with Crippen molar-refractivity contribution in [3.05, 3.63) is 41.5 Å². The van der Waals surface area contributed by atoms with Crippen molar-refractivity contribution < 1.29 is 0 Å². The van der Waals surface area contributed by atoms with E-state index in [9.17, 15) is 0 Å². The number of aryl methyl sites for hydroxylation is 2. The molecule has 0 bridgehead atoms. The first kappa shape index (κ1) is 14.7. The Bertz CT molecular complexity index is 557. The highest BCUT2D eigenvalue weighted by molar-refractivity contribution is 5.34. The summed E-state index contributed by atoms with van der Waals surface area (Å²) in [6.07, 6.45) is 5.72. The first-order chi connectivity index (χ1) is 9.63. The number of nitrogens with zero attached hydrogens (tertiary/aromatic N) is 3. The summed E-state index contributed by atoms with van der Waals surface area (Å²) in [6.45, 7) is 9.42. The van der Waals surface area contributed by atoms with E-state index in [2.05, 4.69) is 55.2 Å². The van der Waals surface area contributed by atoms with Crippen molar-refractivity contribution in [2.24, 2.45) is 0 Å². The fraction of sp³-hybridized carbons (Fsp3) is 0.500. The van der Waals surface area contributed by atoms with Gasteiger partial charge in [0.2, 0.25) is 0 Å². The molecule has 2 aromatic heterocycles. The lowest BCUT2D eigenvalue weighted by atomic mass is 10.2. The topological polar surface area (TPSA) is 42.7 Å². The molecular weight excluding hydrogens is 248 g/mol. The summed E-state index contributed by atoms with van der Waals surface area (Å²) < 4.78 is 2.02. The molecular formula is C16H24N4. The summed E-state index contributed by atoms with van der Waals surface area (Å²) in [6, 6.07) is 4.81. The maximum Gasteiger partial charge on any atom is 0.0835 e. The predicted molar refractivity (Wildman–Crippen MR) is 82.1 cm³/mol. The number of aromatic nitrogens is 3. The van der Waals surface area contributed by atoms with Crippen molar-refractivity contribution in [2.75, 3.05) is 0 Å². The van der Waals surface area contributed by atoms with Gasteiger partial charge in [-0.3, -0.25) is 4.98 Å². The van der Waals surface area contributed by atoms with Crippen LogP contribution >= 0.6 is 0 Å². The van der Waals surface area contributed by atoms with E-state index in [1.807, 2.05) is 17.1 Å². The number of pyridine rings is 1. The van der Waals surface area contributed by atoms with Gasteiger partial charge < -0.3 is 5.32 Å². The minimum atomic E-state index is 0.473. The number of hydrogen-bond acceptors (Lipinski definition) is 3. The molecule has 2 heterocycles. The molecule has 0 saturated carbocycles. The average Bonchev–Trinajstić information content (AvgIpc) is 2.89. The Morgan fingerprint density at radius 3 is 2.60 bits per heavy atom.